The van der Waals surface area contributed by atoms with Crippen LogP contribution in [0.15, 0.2) is 47.4 Å². The molecule has 0 fully saturated rings. The van der Waals surface area contributed by atoms with Crippen molar-refractivity contribution in [1.29, 1.82) is 0 Å². The van der Waals surface area contributed by atoms with E-state index in [1.807, 2.05) is 32.0 Å². The first kappa shape index (κ1) is 14.5. The van der Waals surface area contributed by atoms with E-state index in [2.05, 4.69) is 0 Å². The van der Waals surface area contributed by atoms with Crippen LogP contribution in [0.4, 0.5) is 0 Å². The zero-order chi connectivity index (χ0) is 14.7. The van der Waals surface area contributed by atoms with Gasteiger partial charge in [-0.15, -0.1) is 0 Å². The average molecular weight is 288 g/mol. The molecule has 1 N–H and O–H groups in total. The second-order valence-corrected chi connectivity index (χ2v) is 6.19. The van der Waals surface area contributed by atoms with E-state index in [0.717, 1.165) is 16.0 Å². The van der Waals surface area contributed by atoms with E-state index in [0.29, 0.717) is 5.75 Å². The maximum Gasteiger partial charge on any atom is 0.335 e. The van der Waals surface area contributed by atoms with Crippen molar-refractivity contribution in [3.63, 3.8) is 0 Å². The first-order valence-electron chi connectivity index (χ1n) is 6.25. The fraction of sp³-hybridized carbons (Fsp3) is 0.188. The van der Waals surface area contributed by atoms with Gasteiger partial charge in [-0.2, -0.15) is 0 Å². The third-order valence-corrected chi connectivity index (χ3v) is 4.59. The lowest BCUT2D eigenvalue weighted by molar-refractivity contribution is 0.0696. The average Bonchev–Trinajstić information content (AvgIpc) is 2.42. The quantitative estimate of drug-likeness (QED) is 0.939. The Morgan fingerprint density at radius 1 is 1.10 bits per heavy atom. The van der Waals surface area contributed by atoms with E-state index in [1.165, 1.54) is 11.6 Å². The van der Waals surface area contributed by atoms with E-state index in [1.54, 1.807) is 18.2 Å². The van der Waals surface area contributed by atoms with Gasteiger partial charge in [-0.1, -0.05) is 18.2 Å². The van der Waals surface area contributed by atoms with Crippen molar-refractivity contribution in [2.24, 2.45) is 0 Å². The Hall–Kier alpha value is -1.94. The van der Waals surface area contributed by atoms with E-state index in [4.69, 9.17) is 5.11 Å². The molecule has 1 unspecified atom stereocenters. The summed E-state index contributed by atoms with van der Waals surface area (Å²) >= 11 is 0. The van der Waals surface area contributed by atoms with E-state index in [-0.39, 0.29) is 5.56 Å². The predicted molar refractivity (Wildman–Crippen MR) is 79.4 cm³/mol. The van der Waals surface area contributed by atoms with Gasteiger partial charge in [0.05, 0.1) is 22.1 Å². The molecule has 0 bridgehead atoms. The molecule has 3 nitrogen and oxygen atoms in total. The van der Waals surface area contributed by atoms with Gasteiger partial charge in [0.2, 0.25) is 0 Å². The minimum Gasteiger partial charge on any atom is -0.478 e. The molecule has 2 aromatic carbocycles. The van der Waals surface area contributed by atoms with Crippen LogP contribution in [0.3, 0.4) is 0 Å². The SMILES string of the molecule is Cc1ccc(S(=O)Cc2cccc(C(=O)O)c2)cc1C. The van der Waals surface area contributed by atoms with Gasteiger partial charge in [-0.05, 0) is 54.8 Å². The molecular weight excluding hydrogens is 272 g/mol. The molecule has 0 amide bonds. The third-order valence-electron chi connectivity index (χ3n) is 3.21. The molecule has 0 aliphatic rings. The van der Waals surface area contributed by atoms with Crippen molar-refractivity contribution in [2.45, 2.75) is 24.5 Å². The van der Waals surface area contributed by atoms with Crippen molar-refractivity contribution < 1.29 is 14.1 Å². The predicted octanol–water partition coefficient (Wildman–Crippen LogP) is 3.31. The Bertz CT molecular complexity index is 677. The van der Waals surface area contributed by atoms with Gasteiger partial charge < -0.3 is 5.11 Å². The monoisotopic (exact) mass is 288 g/mol. The molecule has 2 aromatic rings. The summed E-state index contributed by atoms with van der Waals surface area (Å²) in [6.45, 7) is 4.00. The number of aromatic carboxylic acids is 1. The fourth-order valence-corrected chi connectivity index (χ4v) is 3.06. The number of carboxylic acid groups (broad SMARTS) is 1. The molecule has 0 aromatic heterocycles. The number of hydrogen-bond acceptors (Lipinski definition) is 2. The normalized spacial score (nSPS) is 12.1. The summed E-state index contributed by atoms with van der Waals surface area (Å²) in [4.78, 5) is 11.7. The van der Waals surface area contributed by atoms with Gasteiger partial charge in [0.15, 0.2) is 0 Å². The van der Waals surface area contributed by atoms with Crippen LogP contribution in [0.5, 0.6) is 0 Å². The largest absolute Gasteiger partial charge is 0.478 e. The van der Waals surface area contributed by atoms with Crippen molar-refractivity contribution in [3.05, 3.63) is 64.7 Å². The number of benzene rings is 2. The Morgan fingerprint density at radius 2 is 1.85 bits per heavy atom. The van der Waals surface area contributed by atoms with Gasteiger partial charge in [0.25, 0.3) is 0 Å². The summed E-state index contributed by atoms with van der Waals surface area (Å²) in [6.07, 6.45) is 0. The molecule has 0 radical (unpaired) electrons. The maximum atomic E-state index is 12.3. The highest BCUT2D eigenvalue weighted by Gasteiger charge is 2.09. The Kier molecular flexibility index (Phi) is 4.35. The van der Waals surface area contributed by atoms with Crippen LogP contribution in [0.25, 0.3) is 0 Å². The van der Waals surface area contributed by atoms with E-state index in [9.17, 15) is 9.00 Å². The molecule has 1 atom stereocenters. The minimum atomic E-state index is -1.17. The van der Waals surface area contributed by atoms with Crippen LogP contribution >= 0.6 is 0 Å². The minimum absolute atomic E-state index is 0.222. The van der Waals surface area contributed by atoms with Crippen LogP contribution in [-0.4, -0.2) is 15.3 Å². The van der Waals surface area contributed by atoms with Crippen molar-refractivity contribution >= 4 is 16.8 Å². The highest BCUT2D eigenvalue weighted by atomic mass is 32.2. The lowest BCUT2D eigenvalue weighted by Gasteiger charge is -2.06. The second kappa shape index (κ2) is 6.01. The molecule has 0 saturated heterocycles. The summed E-state index contributed by atoms with van der Waals surface area (Å²) in [5.41, 5.74) is 3.26. The standard InChI is InChI=1S/C16H16O3S/c1-11-6-7-15(8-12(11)2)20(19)10-13-4-3-5-14(9-13)16(17)18/h3-9H,10H2,1-2H3,(H,17,18). The summed E-state index contributed by atoms with van der Waals surface area (Å²) in [5, 5.41) is 8.95. The first-order valence-corrected chi connectivity index (χ1v) is 7.57. The second-order valence-electron chi connectivity index (χ2n) is 4.74. The van der Waals surface area contributed by atoms with Gasteiger partial charge in [-0.25, -0.2) is 4.79 Å². The molecule has 0 saturated carbocycles. The zero-order valence-corrected chi connectivity index (χ0v) is 12.2. The fourth-order valence-electron chi connectivity index (χ4n) is 1.88. The maximum absolute atomic E-state index is 12.3. The molecule has 104 valence electrons. The van der Waals surface area contributed by atoms with Crippen LogP contribution in [0.2, 0.25) is 0 Å². The van der Waals surface area contributed by atoms with E-state index < -0.39 is 16.8 Å². The molecule has 0 aliphatic carbocycles. The number of aryl methyl sites for hydroxylation is 2. The number of carboxylic acids is 1. The molecule has 0 aliphatic heterocycles. The number of rotatable bonds is 4. The molecule has 0 spiro atoms. The lowest BCUT2D eigenvalue weighted by atomic mass is 10.1. The first-order chi connectivity index (χ1) is 9.47. The van der Waals surface area contributed by atoms with Gasteiger partial charge >= 0.3 is 5.97 Å². The molecule has 4 heteroatoms. The molecule has 2 rings (SSSR count). The Labute approximate surface area is 120 Å². The van der Waals surface area contributed by atoms with Gasteiger partial charge in [0, 0.05) is 4.90 Å². The lowest BCUT2D eigenvalue weighted by Crippen LogP contribution is -2.01. The topological polar surface area (TPSA) is 54.4 Å². The number of hydrogen-bond donors (Lipinski definition) is 1. The van der Waals surface area contributed by atoms with Crippen molar-refractivity contribution in [2.75, 3.05) is 0 Å². The third kappa shape index (κ3) is 3.33. The van der Waals surface area contributed by atoms with Crippen molar-refractivity contribution in [3.8, 4) is 0 Å². The summed E-state index contributed by atoms with van der Waals surface area (Å²) < 4.78 is 12.3. The van der Waals surface area contributed by atoms with Crippen LogP contribution < -0.4 is 0 Å². The van der Waals surface area contributed by atoms with Gasteiger partial charge in [-0.3, -0.25) is 4.21 Å². The van der Waals surface area contributed by atoms with Gasteiger partial charge in [0.1, 0.15) is 0 Å². The highest BCUT2D eigenvalue weighted by molar-refractivity contribution is 7.84. The van der Waals surface area contributed by atoms with Crippen LogP contribution in [-0.2, 0) is 16.6 Å². The zero-order valence-electron chi connectivity index (χ0n) is 11.4. The molecule has 0 heterocycles. The Morgan fingerprint density at radius 3 is 2.50 bits per heavy atom. The van der Waals surface area contributed by atoms with Crippen LogP contribution in [0.1, 0.15) is 27.0 Å². The molecular formula is C16H16O3S. The Balaban J connectivity index is 2.21. The summed E-state index contributed by atoms with van der Waals surface area (Å²) in [5.74, 6) is -0.646. The summed E-state index contributed by atoms with van der Waals surface area (Å²) in [6, 6.07) is 12.3. The van der Waals surface area contributed by atoms with Crippen molar-refractivity contribution in [1.82, 2.24) is 0 Å². The van der Waals surface area contributed by atoms with E-state index >= 15 is 0 Å². The number of carbonyl (C=O) groups is 1. The highest BCUT2D eigenvalue weighted by Crippen LogP contribution is 2.17. The smallest absolute Gasteiger partial charge is 0.335 e. The summed E-state index contributed by atoms with van der Waals surface area (Å²) in [7, 11) is -1.17. The molecule has 20 heavy (non-hydrogen) atoms. The van der Waals surface area contributed by atoms with Crippen LogP contribution in [0, 0.1) is 13.8 Å².